The number of hydrogen-bond acceptors (Lipinski definition) is 8. The lowest BCUT2D eigenvalue weighted by atomic mass is 9.73. The second kappa shape index (κ2) is 7.47. The highest BCUT2D eigenvalue weighted by Gasteiger charge is 2.47. The molecule has 6 rings (SSSR count). The number of aromatic nitrogens is 6. The molecule has 0 aromatic carbocycles. The average molecular weight is 449 g/mol. The highest BCUT2D eigenvalue weighted by Crippen LogP contribution is 2.42. The third-order valence-corrected chi connectivity index (χ3v) is 7.51. The molecule has 172 valence electrons. The predicted molar refractivity (Wildman–Crippen MR) is 124 cm³/mol. The van der Waals surface area contributed by atoms with Crippen LogP contribution in [-0.4, -0.2) is 66.2 Å². The minimum Gasteiger partial charge on any atom is -0.390 e. The molecular weight excluding hydrogens is 420 g/mol. The van der Waals surface area contributed by atoms with E-state index in [1.54, 1.807) is 17.1 Å². The highest BCUT2D eigenvalue weighted by molar-refractivity contribution is 5.90. The van der Waals surface area contributed by atoms with Crippen LogP contribution in [-0.2, 0) is 18.4 Å². The molecular formula is C23H28N8O2. The van der Waals surface area contributed by atoms with Crippen LogP contribution in [0.2, 0.25) is 0 Å². The number of aliphatic hydroxyl groups is 1. The molecule has 2 atom stereocenters. The van der Waals surface area contributed by atoms with Gasteiger partial charge in [0, 0.05) is 49.4 Å². The van der Waals surface area contributed by atoms with Gasteiger partial charge in [0.1, 0.15) is 11.2 Å². The van der Waals surface area contributed by atoms with E-state index in [-0.39, 0.29) is 24.2 Å². The van der Waals surface area contributed by atoms with Crippen LogP contribution in [0, 0.1) is 5.41 Å². The van der Waals surface area contributed by atoms with Crippen molar-refractivity contribution in [3.63, 3.8) is 0 Å². The van der Waals surface area contributed by atoms with Gasteiger partial charge in [-0.25, -0.2) is 14.6 Å². The Morgan fingerprint density at radius 3 is 2.79 bits per heavy atom. The SMILES string of the molecule is C[C@@H]1OCC2(CCN(c3nc4cnn(-c5cn(C)c6cnccc56)c4nc3CO)CC2)[C@@H]1N. The Bertz CT molecular complexity index is 1340. The summed E-state index contributed by atoms with van der Waals surface area (Å²) in [7, 11) is 1.98. The first-order chi connectivity index (χ1) is 16.0. The molecule has 2 aliphatic rings. The molecule has 4 aromatic heterocycles. The lowest BCUT2D eigenvalue weighted by Crippen LogP contribution is -2.51. The van der Waals surface area contributed by atoms with Crippen LogP contribution in [0.1, 0.15) is 25.5 Å². The number of fused-ring (bicyclic) bond motifs is 2. The Morgan fingerprint density at radius 1 is 1.24 bits per heavy atom. The Labute approximate surface area is 191 Å². The van der Waals surface area contributed by atoms with Crippen molar-refractivity contribution in [1.82, 2.24) is 29.3 Å². The van der Waals surface area contributed by atoms with Crippen molar-refractivity contribution in [1.29, 1.82) is 0 Å². The maximum Gasteiger partial charge on any atom is 0.182 e. The highest BCUT2D eigenvalue weighted by atomic mass is 16.5. The molecule has 33 heavy (non-hydrogen) atoms. The molecule has 2 aliphatic heterocycles. The lowest BCUT2D eigenvalue weighted by Gasteiger charge is -2.41. The fraction of sp³-hybridized carbons (Fsp3) is 0.478. The topological polar surface area (TPSA) is 120 Å². The first kappa shape index (κ1) is 20.5. The fourth-order valence-corrected chi connectivity index (χ4v) is 5.42. The van der Waals surface area contributed by atoms with Gasteiger partial charge < -0.3 is 25.0 Å². The molecule has 0 amide bonds. The average Bonchev–Trinajstić information content (AvgIpc) is 3.49. The van der Waals surface area contributed by atoms with E-state index in [0.29, 0.717) is 23.5 Å². The Morgan fingerprint density at radius 2 is 2.06 bits per heavy atom. The molecule has 6 heterocycles. The molecule has 2 fully saturated rings. The van der Waals surface area contributed by atoms with Gasteiger partial charge in [-0.2, -0.15) is 5.10 Å². The molecule has 3 N–H and O–H groups in total. The van der Waals surface area contributed by atoms with E-state index >= 15 is 0 Å². The van der Waals surface area contributed by atoms with Gasteiger partial charge in [-0.3, -0.25) is 4.98 Å². The summed E-state index contributed by atoms with van der Waals surface area (Å²) in [5, 5.41) is 15.8. The fourth-order valence-electron chi connectivity index (χ4n) is 5.42. The van der Waals surface area contributed by atoms with E-state index < -0.39 is 0 Å². The maximum absolute atomic E-state index is 10.2. The number of aliphatic hydroxyl groups excluding tert-OH is 1. The number of ether oxygens (including phenoxy) is 1. The summed E-state index contributed by atoms with van der Waals surface area (Å²) < 4.78 is 9.65. The minimum atomic E-state index is -0.190. The molecule has 10 nitrogen and oxygen atoms in total. The number of pyridine rings is 1. The predicted octanol–water partition coefficient (Wildman–Crippen LogP) is 1.53. The number of nitrogens with two attached hydrogens (primary N) is 1. The van der Waals surface area contributed by atoms with Crippen LogP contribution in [0.25, 0.3) is 27.8 Å². The number of rotatable bonds is 3. The maximum atomic E-state index is 10.2. The third-order valence-electron chi connectivity index (χ3n) is 7.51. The summed E-state index contributed by atoms with van der Waals surface area (Å²) in [5.41, 5.74) is 10.3. The molecule has 0 unspecified atom stereocenters. The Hall–Kier alpha value is -3.08. The summed E-state index contributed by atoms with van der Waals surface area (Å²) in [4.78, 5) is 16.1. The summed E-state index contributed by atoms with van der Waals surface area (Å²) in [5.74, 6) is 0.724. The summed E-state index contributed by atoms with van der Waals surface area (Å²) >= 11 is 0. The molecule has 0 saturated carbocycles. The van der Waals surface area contributed by atoms with Crippen LogP contribution >= 0.6 is 0 Å². The molecule has 0 radical (unpaired) electrons. The minimum absolute atomic E-state index is 0.0287. The van der Waals surface area contributed by atoms with Gasteiger partial charge in [0.2, 0.25) is 0 Å². The van der Waals surface area contributed by atoms with Gasteiger partial charge in [-0.15, -0.1) is 0 Å². The van der Waals surface area contributed by atoms with E-state index in [9.17, 15) is 5.11 Å². The van der Waals surface area contributed by atoms with Crippen LogP contribution in [0.3, 0.4) is 0 Å². The number of anilines is 1. The van der Waals surface area contributed by atoms with Gasteiger partial charge in [0.25, 0.3) is 0 Å². The van der Waals surface area contributed by atoms with Crippen molar-refractivity contribution in [3.8, 4) is 5.69 Å². The van der Waals surface area contributed by atoms with Crippen molar-refractivity contribution in [2.24, 2.45) is 18.2 Å². The third kappa shape index (κ3) is 3.05. The van der Waals surface area contributed by atoms with Crippen LogP contribution < -0.4 is 10.6 Å². The molecule has 4 aromatic rings. The smallest absolute Gasteiger partial charge is 0.182 e. The van der Waals surface area contributed by atoms with Gasteiger partial charge in [-0.05, 0) is 25.8 Å². The zero-order valence-electron chi connectivity index (χ0n) is 18.8. The van der Waals surface area contributed by atoms with Gasteiger partial charge >= 0.3 is 0 Å². The molecule has 10 heteroatoms. The summed E-state index contributed by atoms with van der Waals surface area (Å²) in [6.45, 7) is 4.19. The van der Waals surface area contributed by atoms with E-state index in [1.165, 1.54) is 0 Å². The molecule has 0 bridgehead atoms. The van der Waals surface area contributed by atoms with Crippen LogP contribution in [0.4, 0.5) is 5.82 Å². The second-order valence-corrected chi connectivity index (χ2v) is 9.33. The van der Waals surface area contributed by atoms with E-state index in [1.807, 2.05) is 30.1 Å². The Kier molecular flexibility index (Phi) is 4.65. The van der Waals surface area contributed by atoms with E-state index in [2.05, 4.69) is 21.9 Å². The van der Waals surface area contributed by atoms with Gasteiger partial charge in [-0.1, -0.05) is 0 Å². The molecule has 1 spiro atoms. The normalized spacial score (nSPS) is 22.7. The first-order valence-corrected chi connectivity index (χ1v) is 11.4. The zero-order valence-corrected chi connectivity index (χ0v) is 18.8. The van der Waals surface area contributed by atoms with Crippen LogP contribution in [0.15, 0.2) is 30.9 Å². The number of hydrogen-bond donors (Lipinski definition) is 2. The van der Waals surface area contributed by atoms with Crippen molar-refractivity contribution >= 4 is 27.9 Å². The van der Waals surface area contributed by atoms with Crippen molar-refractivity contribution < 1.29 is 9.84 Å². The monoisotopic (exact) mass is 448 g/mol. The number of aryl methyl sites for hydroxylation is 1. The van der Waals surface area contributed by atoms with Gasteiger partial charge in [0.05, 0.1) is 42.9 Å². The number of piperidine rings is 1. The van der Waals surface area contributed by atoms with Crippen molar-refractivity contribution in [2.45, 2.75) is 38.5 Å². The molecule has 2 saturated heterocycles. The summed E-state index contributed by atoms with van der Waals surface area (Å²) in [6, 6.07) is 2.02. The second-order valence-electron chi connectivity index (χ2n) is 9.33. The quantitative estimate of drug-likeness (QED) is 0.484. The zero-order chi connectivity index (χ0) is 22.7. The number of nitrogens with zero attached hydrogens (tertiary/aromatic N) is 7. The van der Waals surface area contributed by atoms with Crippen molar-refractivity contribution in [3.05, 3.63) is 36.5 Å². The van der Waals surface area contributed by atoms with E-state index in [0.717, 1.165) is 48.3 Å². The largest absolute Gasteiger partial charge is 0.390 e. The van der Waals surface area contributed by atoms with E-state index in [4.69, 9.17) is 20.4 Å². The van der Waals surface area contributed by atoms with Gasteiger partial charge in [0.15, 0.2) is 11.5 Å². The lowest BCUT2D eigenvalue weighted by molar-refractivity contribution is 0.0973. The standard InChI is InChI=1S/C23H28N8O2/c1-14-20(24)23(13-33-14)4-7-30(8-5-23)21-17(12-32)28-22-16(27-21)9-26-31(22)19-11-29(2)18-10-25-6-3-15(18)19/h3,6,9-11,14,20,32H,4-5,7-8,12-13,24H2,1-2H3/t14-,20+/m0/s1. The first-order valence-electron chi connectivity index (χ1n) is 11.4. The van der Waals surface area contributed by atoms with Crippen molar-refractivity contribution in [2.75, 3.05) is 24.6 Å². The summed E-state index contributed by atoms with van der Waals surface area (Å²) in [6.07, 6.45) is 9.31. The molecule has 0 aliphatic carbocycles. The van der Waals surface area contributed by atoms with Crippen LogP contribution in [0.5, 0.6) is 0 Å². The Balaban J connectivity index is 1.36.